The number of halogens is 1. The Kier molecular flexibility index (Phi) is 3.66. The normalized spacial score (nSPS) is 20.1. The van der Waals surface area contributed by atoms with E-state index >= 15 is 0 Å². The Labute approximate surface area is 153 Å². The Bertz CT molecular complexity index is 849. The van der Waals surface area contributed by atoms with Crippen LogP contribution in [0.15, 0.2) is 24.3 Å². The zero-order valence-corrected chi connectivity index (χ0v) is 15.1. The third-order valence-electron chi connectivity index (χ3n) is 6.12. The number of carbonyl (C=O) groups is 1. The summed E-state index contributed by atoms with van der Waals surface area (Å²) in [5, 5.41) is 4.73. The lowest BCUT2D eigenvalue weighted by Gasteiger charge is -2.29. The molecule has 3 aliphatic carbocycles. The van der Waals surface area contributed by atoms with E-state index in [0.29, 0.717) is 23.7 Å². The van der Waals surface area contributed by atoms with Gasteiger partial charge in [-0.15, -0.1) is 0 Å². The van der Waals surface area contributed by atoms with E-state index in [0.717, 1.165) is 49.0 Å². The molecule has 0 spiro atoms. The van der Waals surface area contributed by atoms with Gasteiger partial charge in [0.2, 0.25) is 0 Å². The van der Waals surface area contributed by atoms with Crippen LogP contribution < -0.4 is 0 Å². The fourth-order valence-electron chi connectivity index (χ4n) is 4.37. The SMILES string of the molecule is C[C@H](C1CC1)N(C(=O)c1nn(-c2ccc(F)cc2)c2c1CCC2)C1CC1. The molecule has 1 aromatic heterocycles. The fraction of sp³-hybridized carbons (Fsp3) is 0.524. The second-order valence-corrected chi connectivity index (χ2v) is 8.04. The lowest BCUT2D eigenvalue weighted by molar-refractivity contribution is 0.0646. The molecule has 2 aromatic rings. The molecule has 5 rings (SSSR count). The summed E-state index contributed by atoms with van der Waals surface area (Å²) in [5.41, 5.74) is 3.68. The van der Waals surface area contributed by atoms with Crippen molar-refractivity contribution in [1.29, 1.82) is 0 Å². The highest BCUT2D eigenvalue weighted by molar-refractivity contribution is 5.95. The maximum absolute atomic E-state index is 13.4. The number of amides is 1. The summed E-state index contributed by atoms with van der Waals surface area (Å²) in [4.78, 5) is 15.6. The molecule has 1 heterocycles. The Hall–Kier alpha value is -2.17. The second kappa shape index (κ2) is 5.93. The summed E-state index contributed by atoms with van der Waals surface area (Å²) in [6.07, 6.45) is 7.59. The summed E-state index contributed by atoms with van der Waals surface area (Å²) < 4.78 is 15.2. The number of benzene rings is 1. The second-order valence-electron chi connectivity index (χ2n) is 8.04. The van der Waals surface area contributed by atoms with Crippen molar-refractivity contribution in [1.82, 2.24) is 14.7 Å². The van der Waals surface area contributed by atoms with Crippen LogP contribution in [0.3, 0.4) is 0 Å². The average molecular weight is 353 g/mol. The van der Waals surface area contributed by atoms with Crippen molar-refractivity contribution in [2.45, 2.75) is 64.0 Å². The minimum atomic E-state index is -0.257. The third kappa shape index (κ3) is 2.65. The molecular weight excluding hydrogens is 329 g/mol. The van der Waals surface area contributed by atoms with Crippen LogP contribution >= 0.6 is 0 Å². The van der Waals surface area contributed by atoms with E-state index in [1.165, 1.54) is 25.0 Å². The first kappa shape index (κ1) is 16.0. The van der Waals surface area contributed by atoms with E-state index in [1.807, 2.05) is 4.68 Å². The van der Waals surface area contributed by atoms with E-state index in [2.05, 4.69) is 11.8 Å². The van der Waals surface area contributed by atoms with Crippen molar-refractivity contribution in [2.24, 2.45) is 5.92 Å². The van der Waals surface area contributed by atoms with Crippen molar-refractivity contribution in [3.8, 4) is 5.69 Å². The maximum atomic E-state index is 13.4. The standard InChI is InChI=1S/C21H24FN3O/c1-13(14-5-6-14)24(16-11-12-16)21(26)20-18-3-2-4-19(18)25(23-20)17-9-7-15(22)8-10-17/h7-10,13-14,16H,2-6,11-12H2,1H3/t13-/m1/s1. The number of hydrogen-bond donors (Lipinski definition) is 0. The first-order chi connectivity index (χ1) is 12.6. The molecule has 3 aliphatic rings. The van der Waals surface area contributed by atoms with Crippen LogP contribution in [0.25, 0.3) is 5.69 Å². The number of hydrogen-bond acceptors (Lipinski definition) is 2. The molecule has 0 saturated heterocycles. The van der Waals surface area contributed by atoms with Crippen LogP contribution in [0, 0.1) is 11.7 Å². The number of carbonyl (C=O) groups excluding carboxylic acids is 1. The van der Waals surface area contributed by atoms with Crippen LogP contribution in [0.4, 0.5) is 4.39 Å². The predicted molar refractivity (Wildman–Crippen MR) is 96.9 cm³/mol. The van der Waals surface area contributed by atoms with Crippen molar-refractivity contribution < 1.29 is 9.18 Å². The van der Waals surface area contributed by atoms with Crippen LogP contribution in [0.1, 0.15) is 60.8 Å². The van der Waals surface area contributed by atoms with Crippen molar-refractivity contribution >= 4 is 5.91 Å². The Morgan fingerprint density at radius 1 is 1.19 bits per heavy atom. The van der Waals surface area contributed by atoms with E-state index in [1.54, 1.807) is 12.1 Å². The van der Waals surface area contributed by atoms with E-state index in [9.17, 15) is 9.18 Å². The van der Waals surface area contributed by atoms with Gasteiger partial charge in [-0.1, -0.05) is 0 Å². The lowest BCUT2D eigenvalue weighted by atomic mass is 10.1. The van der Waals surface area contributed by atoms with Gasteiger partial charge in [0.25, 0.3) is 5.91 Å². The minimum Gasteiger partial charge on any atom is -0.331 e. The minimum absolute atomic E-state index is 0.103. The predicted octanol–water partition coefficient (Wildman–Crippen LogP) is 3.90. The highest BCUT2D eigenvalue weighted by Crippen LogP contribution is 2.41. The van der Waals surface area contributed by atoms with Crippen LogP contribution in [-0.2, 0) is 12.8 Å². The fourth-order valence-corrected chi connectivity index (χ4v) is 4.37. The van der Waals surface area contributed by atoms with E-state index < -0.39 is 0 Å². The van der Waals surface area contributed by atoms with Crippen LogP contribution in [-0.4, -0.2) is 32.7 Å². The van der Waals surface area contributed by atoms with E-state index in [-0.39, 0.29) is 11.7 Å². The summed E-state index contributed by atoms with van der Waals surface area (Å²) >= 11 is 0. The first-order valence-corrected chi connectivity index (χ1v) is 9.83. The van der Waals surface area contributed by atoms with Gasteiger partial charge in [0.15, 0.2) is 5.69 Å². The van der Waals surface area contributed by atoms with Gasteiger partial charge in [-0.3, -0.25) is 4.79 Å². The molecule has 0 radical (unpaired) electrons. The molecule has 2 fully saturated rings. The number of nitrogens with zero attached hydrogens (tertiary/aromatic N) is 3. The zero-order valence-electron chi connectivity index (χ0n) is 15.1. The molecule has 1 atom stereocenters. The summed E-state index contributed by atoms with van der Waals surface area (Å²) in [7, 11) is 0. The lowest BCUT2D eigenvalue weighted by Crippen LogP contribution is -2.42. The largest absolute Gasteiger partial charge is 0.331 e. The van der Waals surface area contributed by atoms with Crippen molar-refractivity contribution in [3.63, 3.8) is 0 Å². The van der Waals surface area contributed by atoms with Gasteiger partial charge in [-0.05, 0) is 82.1 Å². The quantitative estimate of drug-likeness (QED) is 0.817. The average Bonchev–Trinajstić information content (AvgIpc) is 3.55. The Morgan fingerprint density at radius 2 is 1.92 bits per heavy atom. The molecule has 4 nitrogen and oxygen atoms in total. The highest BCUT2D eigenvalue weighted by Gasteiger charge is 2.43. The van der Waals surface area contributed by atoms with Gasteiger partial charge >= 0.3 is 0 Å². The molecule has 0 aliphatic heterocycles. The summed E-state index contributed by atoms with van der Waals surface area (Å²) in [5.74, 6) is 0.504. The van der Waals surface area contributed by atoms with Gasteiger partial charge in [0, 0.05) is 23.3 Å². The Morgan fingerprint density at radius 3 is 2.58 bits per heavy atom. The Balaban J connectivity index is 1.53. The van der Waals surface area contributed by atoms with Crippen LogP contribution in [0.2, 0.25) is 0 Å². The van der Waals surface area contributed by atoms with Gasteiger partial charge in [-0.2, -0.15) is 5.10 Å². The van der Waals surface area contributed by atoms with E-state index in [4.69, 9.17) is 5.10 Å². The third-order valence-corrected chi connectivity index (χ3v) is 6.12. The topological polar surface area (TPSA) is 38.1 Å². The highest BCUT2D eigenvalue weighted by atomic mass is 19.1. The number of rotatable bonds is 5. The monoisotopic (exact) mass is 353 g/mol. The van der Waals surface area contributed by atoms with Gasteiger partial charge in [0.05, 0.1) is 5.69 Å². The van der Waals surface area contributed by atoms with Gasteiger partial charge < -0.3 is 4.90 Å². The molecule has 0 bridgehead atoms. The van der Waals surface area contributed by atoms with Crippen LogP contribution in [0.5, 0.6) is 0 Å². The first-order valence-electron chi connectivity index (χ1n) is 9.83. The van der Waals surface area contributed by atoms with Gasteiger partial charge in [-0.25, -0.2) is 9.07 Å². The molecular formula is C21H24FN3O. The van der Waals surface area contributed by atoms with Gasteiger partial charge in [0.1, 0.15) is 5.82 Å². The summed E-state index contributed by atoms with van der Waals surface area (Å²) in [6, 6.07) is 7.08. The molecule has 26 heavy (non-hydrogen) atoms. The molecule has 1 aromatic carbocycles. The summed E-state index contributed by atoms with van der Waals surface area (Å²) in [6.45, 7) is 2.20. The molecule has 0 unspecified atom stereocenters. The molecule has 2 saturated carbocycles. The number of aromatic nitrogens is 2. The molecule has 0 N–H and O–H groups in total. The zero-order chi connectivity index (χ0) is 17.8. The molecule has 5 heteroatoms. The van der Waals surface area contributed by atoms with Crippen molar-refractivity contribution in [3.05, 3.63) is 47.0 Å². The smallest absolute Gasteiger partial charge is 0.275 e. The van der Waals surface area contributed by atoms with Crippen molar-refractivity contribution in [2.75, 3.05) is 0 Å². The maximum Gasteiger partial charge on any atom is 0.275 e. The molecule has 1 amide bonds. The number of fused-ring (bicyclic) bond motifs is 1. The molecule has 136 valence electrons.